The number of hydrogen-bond donors (Lipinski definition) is 1. The van der Waals surface area contributed by atoms with Crippen LogP contribution < -0.4 is 0 Å². The number of ether oxygens (including phenoxy) is 3. The zero-order chi connectivity index (χ0) is 13.6. The molecule has 4 heteroatoms. The molecule has 2 heterocycles. The molecule has 1 saturated heterocycles. The average molecular weight is 276 g/mol. The molecule has 1 aromatic rings. The van der Waals surface area contributed by atoms with Gasteiger partial charge in [0.05, 0.1) is 25.4 Å². The van der Waals surface area contributed by atoms with Crippen molar-refractivity contribution in [2.75, 3.05) is 19.8 Å². The van der Waals surface area contributed by atoms with Crippen LogP contribution in [0.25, 0.3) is 0 Å². The Balaban J connectivity index is 1.63. The lowest BCUT2D eigenvalue weighted by molar-refractivity contribution is -0.218. The third-order valence-electron chi connectivity index (χ3n) is 4.97. The first-order chi connectivity index (χ1) is 9.77. The van der Waals surface area contributed by atoms with Crippen molar-refractivity contribution in [1.29, 1.82) is 0 Å². The predicted molar refractivity (Wildman–Crippen MR) is 72.1 cm³/mol. The third-order valence-corrected chi connectivity index (χ3v) is 4.97. The predicted octanol–water partition coefficient (Wildman–Crippen LogP) is 2.26. The number of benzene rings is 1. The highest BCUT2D eigenvalue weighted by Gasteiger charge is 2.52. The van der Waals surface area contributed by atoms with Gasteiger partial charge in [-0.25, -0.2) is 0 Å². The monoisotopic (exact) mass is 276 g/mol. The van der Waals surface area contributed by atoms with E-state index in [9.17, 15) is 5.11 Å². The average Bonchev–Trinajstić information content (AvgIpc) is 3.07. The molecule has 0 aromatic heterocycles. The molecule has 108 valence electrons. The Hall–Kier alpha value is -0.940. The van der Waals surface area contributed by atoms with Gasteiger partial charge in [-0.1, -0.05) is 24.3 Å². The molecule has 3 aliphatic rings. The zero-order valence-corrected chi connectivity index (χ0v) is 11.5. The van der Waals surface area contributed by atoms with Crippen LogP contribution in [0.15, 0.2) is 24.3 Å². The van der Waals surface area contributed by atoms with Gasteiger partial charge in [-0.15, -0.1) is 0 Å². The first kappa shape index (κ1) is 12.8. The van der Waals surface area contributed by atoms with Gasteiger partial charge in [0.15, 0.2) is 5.79 Å². The van der Waals surface area contributed by atoms with Crippen LogP contribution in [-0.4, -0.2) is 30.7 Å². The minimum Gasteiger partial charge on any atom is -0.393 e. The maximum absolute atomic E-state index is 9.56. The Labute approximate surface area is 118 Å². The second-order valence-electron chi connectivity index (χ2n) is 5.98. The molecule has 1 saturated carbocycles. The van der Waals surface area contributed by atoms with Crippen molar-refractivity contribution in [3.05, 3.63) is 35.4 Å². The SMILES string of the molecule is OCC1OC2(CCC3(CC2)OCCO3)c2ccccc21. The summed E-state index contributed by atoms with van der Waals surface area (Å²) in [5.74, 6) is -0.374. The fourth-order valence-corrected chi connectivity index (χ4v) is 3.94. The van der Waals surface area contributed by atoms with Crippen LogP contribution in [0, 0.1) is 0 Å². The van der Waals surface area contributed by atoms with E-state index < -0.39 is 0 Å². The second-order valence-corrected chi connectivity index (χ2v) is 5.98. The Morgan fingerprint density at radius 2 is 1.75 bits per heavy atom. The fourth-order valence-electron chi connectivity index (χ4n) is 3.94. The summed E-state index contributed by atoms with van der Waals surface area (Å²) < 4.78 is 17.8. The molecule has 0 radical (unpaired) electrons. The normalized spacial score (nSPS) is 29.9. The highest BCUT2D eigenvalue weighted by molar-refractivity contribution is 5.38. The molecule has 2 aliphatic heterocycles. The van der Waals surface area contributed by atoms with Gasteiger partial charge in [0.25, 0.3) is 0 Å². The second kappa shape index (κ2) is 4.53. The van der Waals surface area contributed by atoms with Crippen LogP contribution in [0.2, 0.25) is 0 Å². The minimum atomic E-state index is -0.374. The Bertz CT molecular complexity index is 497. The Kier molecular flexibility index (Phi) is 2.89. The van der Waals surface area contributed by atoms with Gasteiger partial charge in [0.1, 0.15) is 6.10 Å². The molecule has 4 rings (SSSR count). The summed E-state index contributed by atoms with van der Waals surface area (Å²) in [6, 6.07) is 8.27. The van der Waals surface area contributed by atoms with Gasteiger partial charge in [-0.05, 0) is 24.0 Å². The van der Waals surface area contributed by atoms with E-state index in [0.717, 1.165) is 31.2 Å². The molecular formula is C16H20O4. The van der Waals surface area contributed by atoms with Gasteiger partial charge in [0, 0.05) is 12.8 Å². The molecule has 1 aliphatic carbocycles. The van der Waals surface area contributed by atoms with E-state index >= 15 is 0 Å². The molecule has 1 aromatic carbocycles. The quantitative estimate of drug-likeness (QED) is 0.854. The van der Waals surface area contributed by atoms with Crippen LogP contribution in [0.3, 0.4) is 0 Å². The molecule has 1 unspecified atom stereocenters. The van der Waals surface area contributed by atoms with E-state index in [-0.39, 0.29) is 24.1 Å². The van der Waals surface area contributed by atoms with Crippen LogP contribution in [0.4, 0.5) is 0 Å². The van der Waals surface area contributed by atoms with Crippen LogP contribution >= 0.6 is 0 Å². The summed E-state index contributed by atoms with van der Waals surface area (Å²) in [5, 5.41) is 9.56. The van der Waals surface area contributed by atoms with E-state index in [1.807, 2.05) is 6.07 Å². The van der Waals surface area contributed by atoms with Crippen molar-refractivity contribution in [3.63, 3.8) is 0 Å². The van der Waals surface area contributed by atoms with Gasteiger partial charge < -0.3 is 19.3 Å². The maximum atomic E-state index is 9.56. The fraction of sp³-hybridized carbons (Fsp3) is 0.625. The first-order valence-electron chi connectivity index (χ1n) is 7.43. The third kappa shape index (κ3) is 1.76. The number of rotatable bonds is 1. The van der Waals surface area contributed by atoms with E-state index in [2.05, 4.69) is 18.2 Å². The molecule has 2 spiro atoms. The molecule has 2 fully saturated rings. The minimum absolute atomic E-state index is 0.0386. The highest BCUT2D eigenvalue weighted by atomic mass is 16.7. The first-order valence-corrected chi connectivity index (χ1v) is 7.43. The molecule has 1 atom stereocenters. The number of hydrogen-bond acceptors (Lipinski definition) is 4. The summed E-state index contributed by atoms with van der Waals surface area (Å²) >= 11 is 0. The maximum Gasteiger partial charge on any atom is 0.168 e. The standard InChI is InChI=1S/C16H20O4/c17-11-14-12-3-1-2-4-13(12)15(20-14)5-7-16(8-6-15)18-9-10-19-16/h1-4,14,17H,5-11H2. The van der Waals surface area contributed by atoms with Gasteiger partial charge in [-0.3, -0.25) is 0 Å². The van der Waals surface area contributed by atoms with Crippen molar-refractivity contribution in [2.24, 2.45) is 0 Å². The zero-order valence-electron chi connectivity index (χ0n) is 11.5. The summed E-state index contributed by atoms with van der Waals surface area (Å²) in [6.45, 7) is 1.43. The lowest BCUT2D eigenvalue weighted by Gasteiger charge is -2.41. The topological polar surface area (TPSA) is 47.9 Å². The molecule has 20 heavy (non-hydrogen) atoms. The summed E-state index contributed by atoms with van der Waals surface area (Å²) in [7, 11) is 0. The van der Waals surface area contributed by atoms with Gasteiger partial charge >= 0.3 is 0 Å². The molecule has 1 N–H and O–H groups in total. The van der Waals surface area contributed by atoms with Crippen molar-refractivity contribution >= 4 is 0 Å². The number of aliphatic hydroxyl groups is 1. The molecular weight excluding hydrogens is 256 g/mol. The molecule has 0 bridgehead atoms. The van der Waals surface area contributed by atoms with Crippen molar-refractivity contribution in [1.82, 2.24) is 0 Å². The van der Waals surface area contributed by atoms with E-state index in [1.165, 1.54) is 5.56 Å². The van der Waals surface area contributed by atoms with Gasteiger partial charge in [-0.2, -0.15) is 0 Å². The van der Waals surface area contributed by atoms with Crippen LogP contribution in [-0.2, 0) is 19.8 Å². The Morgan fingerprint density at radius 3 is 2.45 bits per heavy atom. The largest absolute Gasteiger partial charge is 0.393 e. The van der Waals surface area contributed by atoms with Crippen molar-refractivity contribution in [2.45, 2.75) is 43.2 Å². The molecule has 4 nitrogen and oxygen atoms in total. The highest BCUT2D eigenvalue weighted by Crippen LogP contribution is 2.54. The summed E-state index contributed by atoms with van der Waals surface area (Å²) in [5.41, 5.74) is 2.12. The van der Waals surface area contributed by atoms with E-state index in [0.29, 0.717) is 13.2 Å². The summed E-state index contributed by atoms with van der Waals surface area (Å²) in [6.07, 6.45) is 3.31. The lowest BCUT2D eigenvalue weighted by Crippen LogP contribution is -2.42. The van der Waals surface area contributed by atoms with Crippen molar-refractivity contribution < 1.29 is 19.3 Å². The van der Waals surface area contributed by atoms with E-state index in [4.69, 9.17) is 14.2 Å². The molecule has 0 amide bonds. The Morgan fingerprint density at radius 1 is 1.05 bits per heavy atom. The smallest absolute Gasteiger partial charge is 0.168 e. The van der Waals surface area contributed by atoms with E-state index in [1.54, 1.807) is 0 Å². The number of fused-ring (bicyclic) bond motifs is 2. The lowest BCUT2D eigenvalue weighted by atomic mass is 9.76. The van der Waals surface area contributed by atoms with Crippen LogP contribution in [0.1, 0.15) is 42.9 Å². The van der Waals surface area contributed by atoms with Crippen LogP contribution in [0.5, 0.6) is 0 Å². The summed E-state index contributed by atoms with van der Waals surface area (Å²) in [4.78, 5) is 0. The van der Waals surface area contributed by atoms with Gasteiger partial charge in [0.2, 0.25) is 0 Å². The number of aliphatic hydroxyl groups excluding tert-OH is 1. The van der Waals surface area contributed by atoms with Crippen molar-refractivity contribution in [3.8, 4) is 0 Å².